The van der Waals surface area contributed by atoms with Gasteiger partial charge < -0.3 is 19.6 Å². The summed E-state index contributed by atoms with van der Waals surface area (Å²) in [6.07, 6.45) is 0.879. The molecule has 2 aromatic rings. The normalized spacial score (nSPS) is 15.0. The van der Waals surface area contributed by atoms with Crippen LogP contribution in [0.4, 0.5) is 10.5 Å². The summed E-state index contributed by atoms with van der Waals surface area (Å²) in [6.45, 7) is 10.7. The summed E-state index contributed by atoms with van der Waals surface area (Å²) in [6, 6.07) is 8.97. The Balaban J connectivity index is 1.62. The van der Waals surface area contributed by atoms with Crippen LogP contribution in [0.1, 0.15) is 42.1 Å². The van der Waals surface area contributed by atoms with Crippen molar-refractivity contribution >= 4 is 17.6 Å². The first-order valence-corrected chi connectivity index (χ1v) is 10.6. The Morgan fingerprint density at radius 2 is 1.90 bits per heavy atom. The summed E-state index contributed by atoms with van der Waals surface area (Å²) in [7, 11) is 0. The van der Waals surface area contributed by atoms with Gasteiger partial charge in [0.2, 0.25) is 0 Å². The van der Waals surface area contributed by atoms with Gasteiger partial charge in [0.25, 0.3) is 5.91 Å². The Hall–Kier alpha value is -2.87. The number of aromatic nitrogens is 1. The van der Waals surface area contributed by atoms with Crippen LogP contribution in [-0.2, 0) is 6.54 Å². The van der Waals surface area contributed by atoms with Crippen LogP contribution in [0.2, 0.25) is 0 Å². The molecular weight excluding hydrogens is 382 g/mol. The molecule has 0 bridgehead atoms. The number of urea groups is 1. The number of nitrogens with one attached hydrogen (secondary N) is 1. The van der Waals surface area contributed by atoms with Crippen molar-refractivity contribution in [1.29, 1.82) is 0 Å². The fourth-order valence-corrected chi connectivity index (χ4v) is 3.71. The lowest BCUT2D eigenvalue weighted by molar-refractivity contribution is 0.0774. The van der Waals surface area contributed by atoms with E-state index in [0.717, 1.165) is 31.0 Å². The summed E-state index contributed by atoms with van der Waals surface area (Å²) in [5, 5.41) is 7.01. The van der Waals surface area contributed by atoms with Gasteiger partial charge in [0, 0.05) is 51.9 Å². The quantitative estimate of drug-likeness (QED) is 0.786. The Morgan fingerprint density at radius 3 is 2.60 bits per heavy atom. The van der Waals surface area contributed by atoms with E-state index < -0.39 is 0 Å². The largest absolute Gasteiger partial charge is 0.361 e. The third-order valence-corrected chi connectivity index (χ3v) is 5.39. The van der Waals surface area contributed by atoms with E-state index in [1.54, 1.807) is 17.0 Å². The highest BCUT2D eigenvalue weighted by Gasteiger charge is 2.22. The average molecular weight is 414 g/mol. The molecule has 0 saturated carbocycles. The molecular formula is C22H31N5O3. The van der Waals surface area contributed by atoms with Gasteiger partial charge in [-0.15, -0.1) is 0 Å². The van der Waals surface area contributed by atoms with Crippen LogP contribution in [0.3, 0.4) is 0 Å². The standard InChI is InChI=1S/C22H31N5O3/c1-4-26(5-2)21(28)19-9-6-7-10-20(19)23-22(29)27-12-8-11-25(13-14-27)16-18-15-17(3)30-24-18/h6-7,9-10,15H,4-5,8,11-14,16H2,1-3H3,(H,23,29). The van der Waals surface area contributed by atoms with Crippen LogP contribution < -0.4 is 5.32 Å². The van der Waals surface area contributed by atoms with Gasteiger partial charge in [-0.3, -0.25) is 9.69 Å². The van der Waals surface area contributed by atoms with Crippen molar-refractivity contribution in [3.05, 3.63) is 47.3 Å². The van der Waals surface area contributed by atoms with E-state index in [1.165, 1.54) is 0 Å². The van der Waals surface area contributed by atoms with Crippen LogP contribution in [0.5, 0.6) is 0 Å². The average Bonchev–Trinajstić information content (AvgIpc) is 3.01. The Bertz CT molecular complexity index is 862. The monoisotopic (exact) mass is 413 g/mol. The molecule has 8 nitrogen and oxygen atoms in total. The molecule has 1 aromatic carbocycles. The summed E-state index contributed by atoms with van der Waals surface area (Å²) in [5.74, 6) is 0.736. The smallest absolute Gasteiger partial charge is 0.321 e. The zero-order valence-corrected chi connectivity index (χ0v) is 18.1. The van der Waals surface area contributed by atoms with Crippen molar-refractivity contribution in [3.63, 3.8) is 0 Å². The second kappa shape index (κ2) is 10.2. The van der Waals surface area contributed by atoms with Gasteiger partial charge in [-0.1, -0.05) is 17.3 Å². The van der Waals surface area contributed by atoms with Crippen molar-refractivity contribution in [2.45, 2.75) is 33.7 Å². The number of rotatable bonds is 6. The summed E-state index contributed by atoms with van der Waals surface area (Å²) in [4.78, 5) is 31.6. The number of carbonyl (C=O) groups is 2. The fraction of sp³-hybridized carbons (Fsp3) is 0.500. The maximum absolute atomic E-state index is 12.9. The maximum Gasteiger partial charge on any atom is 0.321 e. The van der Waals surface area contributed by atoms with Gasteiger partial charge in [-0.25, -0.2) is 4.79 Å². The van der Waals surface area contributed by atoms with E-state index >= 15 is 0 Å². The number of para-hydroxylation sites is 1. The number of nitrogens with zero attached hydrogens (tertiary/aromatic N) is 4. The Kier molecular flexibility index (Phi) is 7.46. The predicted octanol–water partition coefficient (Wildman–Crippen LogP) is 3.20. The second-order valence-electron chi connectivity index (χ2n) is 7.50. The number of hydrogen-bond donors (Lipinski definition) is 1. The molecule has 0 aliphatic carbocycles. The summed E-state index contributed by atoms with van der Waals surface area (Å²) in [5.41, 5.74) is 1.99. The molecule has 0 spiro atoms. The molecule has 3 amide bonds. The van der Waals surface area contributed by atoms with Gasteiger partial charge in [-0.05, 0) is 39.3 Å². The van der Waals surface area contributed by atoms with Gasteiger partial charge in [0.05, 0.1) is 16.9 Å². The topological polar surface area (TPSA) is 81.9 Å². The first-order chi connectivity index (χ1) is 14.5. The molecule has 30 heavy (non-hydrogen) atoms. The zero-order chi connectivity index (χ0) is 21.5. The van der Waals surface area contributed by atoms with Gasteiger partial charge in [0.15, 0.2) is 0 Å². The molecule has 0 atom stereocenters. The second-order valence-corrected chi connectivity index (χ2v) is 7.50. The van der Waals surface area contributed by atoms with Crippen molar-refractivity contribution in [1.82, 2.24) is 19.9 Å². The minimum atomic E-state index is -0.172. The van der Waals surface area contributed by atoms with Crippen molar-refractivity contribution in [2.75, 3.05) is 44.6 Å². The molecule has 1 fully saturated rings. The first-order valence-electron chi connectivity index (χ1n) is 10.6. The minimum Gasteiger partial charge on any atom is -0.361 e. The highest BCUT2D eigenvalue weighted by molar-refractivity contribution is 6.03. The highest BCUT2D eigenvalue weighted by atomic mass is 16.5. The van der Waals surface area contributed by atoms with Gasteiger partial charge in [0.1, 0.15) is 5.76 Å². The van der Waals surface area contributed by atoms with Crippen LogP contribution in [-0.4, -0.2) is 71.1 Å². The number of amides is 3. The lowest BCUT2D eigenvalue weighted by atomic mass is 10.1. The number of aryl methyl sites for hydroxylation is 1. The molecule has 3 rings (SSSR count). The predicted molar refractivity (Wildman–Crippen MR) is 115 cm³/mol. The Labute approximate surface area is 177 Å². The van der Waals surface area contributed by atoms with E-state index in [9.17, 15) is 9.59 Å². The van der Waals surface area contributed by atoms with Crippen LogP contribution in [0.25, 0.3) is 0 Å². The number of anilines is 1. The molecule has 1 aromatic heterocycles. The van der Waals surface area contributed by atoms with Crippen molar-refractivity contribution < 1.29 is 14.1 Å². The maximum atomic E-state index is 12.9. The highest BCUT2D eigenvalue weighted by Crippen LogP contribution is 2.19. The van der Waals surface area contributed by atoms with E-state index in [2.05, 4.69) is 15.4 Å². The Morgan fingerprint density at radius 1 is 1.13 bits per heavy atom. The summed E-state index contributed by atoms with van der Waals surface area (Å²) < 4.78 is 5.14. The van der Waals surface area contributed by atoms with E-state index in [1.807, 2.05) is 43.9 Å². The zero-order valence-electron chi connectivity index (χ0n) is 18.1. The molecule has 162 valence electrons. The molecule has 1 aliphatic rings. The van der Waals surface area contributed by atoms with E-state index in [0.29, 0.717) is 44.0 Å². The number of carbonyl (C=O) groups excluding carboxylic acids is 2. The fourth-order valence-electron chi connectivity index (χ4n) is 3.71. The third-order valence-electron chi connectivity index (χ3n) is 5.39. The molecule has 8 heteroatoms. The SMILES string of the molecule is CCN(CC)C(=O)c1ccccc1NC(=O)N1CCCN(Cc2cc(C)on2)CC1. The van der Waals surface area contributed by atoms with E-state index in [-0.39, 0.29) is 11.9 Å². The van der Waals surface area contributed by atoms with Crippen molar-refractivity contribution in [2.24, 2.45) is 0 Å². The molecule has 0 unspecified atom stereocenters. The van der Waals surface area contributed by atoms with Crippen LogP contribution >= 0.6 is 0 Å². The van der Waals surface area contributed by atoms with Gasteiger partial charge >= 0.3 is 6.03 Å². The molecule has 1 N–H and O–H groups in total. The minimum absolute atomic E-state index is 0.0687. The first kappa shape index (κ1) is 21.8. The molecule has 0 radical (unpaired) electrons. The van der Waals surface area contributed by atoms with Crippen LogP contribution in [0.15, 0.2) is 34.9 Å². The lowest BCUT2D eigenvalue weighted by Crippen LogP contribution is -2.38. The van der Waals surface area contributed by atoms with Gasteiger partial charge in [-0.2, -0.15) is 0 Å². The molecule has 2 heterocycles. The number of benzene rings is 1. The molecule has 1 saturated heterocycles. The third kappa shape index (κ3) is 5.38. The van der Waals surface area contributed by atoms with Crippen LogP contribution in [0, 0.1) is 6.92 Å². The van der Waals surface area contributed by atoms with Crippen molar-refractivity contribution in [3.8, 4) is 0 Å². The molecule has 1 aliphatic heterocycles. The lowest BCUT2D eigenvalue weighted by Gasteiger charge is -2.24. The summed E-state index contributed by atoms with van der Waals surface area (Å²) >= 11 is 0. The van der Waals surface area contributed by atoms with E-state index in [4.69, 9.17) is 4.52 Å². The number of hydrogen-bond acceptors (Lipinski definition) is 5.